The Labute approximate surface area is 354 Å². The Morgan fingerprint density at radius 2 is 1.17 bits per heavy atom. The third-order valence-electron chi connectivity index (χ3n) is 12.6. The van der Waals surface area contributed by atoms with E-state index < -0.39 is 0 Å². The van der Waals surface area contributed by atoms with Gasteiger partial charge in [0.05, 0.1) is 58.4 Å². The van der Waals surface area contributed by atoms with Gasteiger partial charge in [0.2, 0.25) is 0 Å². The molecule has 0 amide bonds. The largest absolute Gasteiger partial charge is 0.333 e. The molecule has 6 aromatic rings. The van der Waals surface area contributed by atoms with E-state index in [1.54, 1.807) is 0 Å². The number of nitriles is 4. The summed E-state index contributed by atoms with van der Waals surface area (Å²) in [5, 5.41) is 43.7. The van der Waals surface area contributed by atoms with Crippen LogP contribution in [0.4, 0.5) is 28.4 Å². The van der Waals surface area contributed by atoms with Gasteiger partial charge in [-0.2, -0.15) is 21.0 Å². The zero-order valence-electron chi connectivity index (χ0n) is 34.4. The van der Waals surface area contributed by atoms with Gasteiger partial charge in [0.1, 0.15) is 0 Å². The minimum atomic E-state index is -0.109. The molecule has 0 saturated heterocycles. The van der Waals surface area contributed by atoms with Gasteiger partial charge < -0.3 is 9.80 Å². The summed E-state index contributed by atoms with van der Waals surface area (Å²) in [5.74, 6) is 0.841. The van der Waals surface area contributed by atoms with Gasteiger partial charge >= 0.3 is 0 Å². The van der Waals surface area contributed by atoms with Crippen LogP contribution in [0.3, 0.4) is 0 Å². The molecule has 0 bridgehead atoms. The van der Waals surface area contributed by atoms with E-state index in [0.29, 0.717) is 40.5 Å². The Hall–Kier alpha value is -7.12. The van der Waals surface area contributed by atoms with Crippen molar-refractivity contribution in [2.75, 3.05) is 9.80 Å². The lowest BCUT2D eigenvalue weighted by Crippen LogP contribution is -2.30. The average molecular weight is 781 g/mol. The Bertz CT molecular complexity index is 2700. The number of benzene rings is 6. The van der Waals surface area contributed by atoms with Crippen LogP contribution in [0.1, 0.15) is 111 Å². The summed E-state index contributed by atoms with van der Waals surface area (Å²) in [4.78, 5) is 4.73. The van der Waals surface area contributed by atoms with Gasteiger partial charge in [-0.3, -0.25) is 0 Å². The monoisotopic (exact) mass is 780 g/mol. The average Bonchev–Trinajstić information content (AvgIpc) is 3.32. The summed E-state index contributed by atoms with van der Waals surface area (Å²) in [6.45, 7) is 4.52. The molecule has 60 heavy (non-hydrogen) atoms. The van der Waals surface area contributed by atoms with Crippen molar-refractivity contribution in [2.24, 2.45) is 0 Å². The Morgan fingerprint density at radius 1 is 0.600 bits per heavy atom. The molecule has 2 atom stereocenters. The van der Waals surface area contributed by atoms with Gasteiger partial charge in [-0.15, -0.1) is 0 Å². The van der Waals surface area contributed by atoms with E-state index in [1.807, 2.05) is 72.8 Å². The number of hydrogen-bond acceptors (Lipinski definition) is 6. The topological polar surface area (TPSA) is 102 Å². The SMILES string of the molecule is CCCC(CC)c1ccc2c(N(c3ccc(C#N)cc3)C3C=CC(C#N)=CC3)c3cc(C4CCCCC4)ccc3c(N(c3ccc(C#N)cc3)c3ccc(C#N)cc3)c2c1. The number of allylic oxidation sites excluding steroid dienone is 2. The van der Waals surface area contributed by atoms with Gasteiger partial charge in [0.25, 0.3) is 0 Å². The van der Waals surface area contributed by atoms with E-state index in [1.165, 1.54) is 30.4 Å². The Morgan fingerprint density at radius 3 is 1.70 bits per heavy atom. The summed E-state index contributed by atoms with van der Waals surface area (Å²) in [6, 6.07) is 46.8. The molecule has 6 aromatic carbocycles. The maximum absolute atomic E-state index is 9.85. The van der Waals surface area contributed by atoms with Gasteiger partial charge in [-0.25, -0.2) is 0 Å². The van der Waals surface area contributed by atoms with Crippen molar-refractivity contribution in [1.82, 2.24) is 0 Å². The predicted molar refractivity (Wildman–Crippen MR) is 244 cm³/mol. The van der Waals surface area contributed by atoms with E-state index in [9.17, 15) is 21.0 Å². The summed E-state index contributed by atoms with van der Waals surface area (Å²) < 4.78 is 0. The molecule has 0 N–H and O–H groups in total. The van der Waals surface area contributed by atoms with E-state index in [2.05, 4.69) is 103 Å². The summed E-state index contributed by atoms with van der Waals surface area (Å²) >= 11 is 0. The molecule has 0 heterocycles. The van der Waals surface area contributed by atoms with Crippen LogP contribution in [0.2, 0.25) is 0 Å². The molecule has 0 aliphatic heterocycles. The van der Waals surface area contributed by atoms with Crippen molar-refractivity contribution in [3.63, 3.8) is 0 Å². The first kappa shape index (κ1) is 39.7. The summed E-state index contributed by atoms with van der Waals surface area (Å²) in [7, 11) is 0. The highest BCUT2D eigenvalue weighted by molar-refractivity contribution is 6.23. The standard InChI is InChI=1S/C54H48N6/c1-3-8-41(4-2)43-19-29-49-51(31-43)53(59(45-21-11-37(33-55)12-22-45)46-23-13-38(34-56)14-24-46)50-30-20-44(42-9-6-5-7-10-42)32-52(50)54(49)60(47-25-15-39(35-57)16-26-47)48-27-17-40(36-58)18-28-48/h11-27,29-32,41-42,48H,3-10,28H2,1-2H3. The van der Waals surface area contributed by atoms with Gasteiger partial charge in [-0.1, -0.05) is 75.9 Å². The number of nitrogens with zero attached hydrogens (tertiary/aromatic N) is 6. The third-order valence-corrected chi connectivity index (χ3v) is 12.6. The second-order valence-electron chi connectivity index (χ2n) is 16.2. The molecule has 8 rings (SSSR count). The molecular formula is C54H48N6. The highest BCUT2D eigenvalue weighted by Crippen LogP contribution is 2.52. The lowest BCUT2D eigenvalue weighted by atomic mass is 9.82. The zero-order chi connectivity index (χ0) is 41.6. The fraction of sp³-hybridized carbons (Fsp3) is 0.259. The molecule has 0 radical (unpaired) electrons. The van der Waals surface area contributed by atoms with Crippen molar-refractivity contribution in [1.29, 1.82) is 21.0 Å². The highest BCUT2D eigenvalue weighted by atomic mass is 15.2. The maximum atomic E-state index is 9.85. The van der Waals surface area contributed by atoms with Gasteiger partial charge in [-0.05, 0) is 146 Å². The molecule has 294 valence electrons. The number of hydrogen-bond donors (Lipinski definition) is 0. The lowest BCUT2D eigenvalue weighted by Gasteiger charge is -2.37. The van der Waals surface area contributed by atoms with E-state index in [-0.39, 0.29) is 6.04 Å². The minimum Gasteiger partial charge on any atom is -0.333 e. The smallest absolute Gasteiger partial charge is 0.0991 e. The molecule has 0 spiro atoms. The second-order valence-corrected chi connectivity index (χ2v) is 16.2. The fourth-order valence-corrected chi connectivity index (χ4v) is 9.46. The van der Waals surface area contributed by atoms with Crippen molar-refractivity contribution in [2.45, 2.75) is 89.5 Å². The number of rotatable bonds is 11. The summed E-state index contributed by atoms with van der Waals surface area (Å²) in [5.41, 5.74) is 9.96. The predicted octanol–water partition coefficient (Wildman–Crippen LogP) is 14.3. The number of fused-ring (bicyclic) bond motifs is 2. The Kier molecular flexibility index (Phi) is 11.8. The Balaban J connectivity index is 1.53. The molecule has 6 nitrogen and oxygen atoms in total. The first-order chi connectivity index (χ1) is 29.5. The van der Waals surface area contributed by atoms with Gasteiger partial charge in [0, 0.05) is 44.2 Å². The molecule has 0 aromatic heterocycles. The molecule has 2 aliphatic carbocycles. The van der Waals surface area contributed by atoms with Crippen LogP contribution >= 0.6 is 0 Å². The minimum absolute atomic E-state index is 0.109. The molecule has 2 unspecified atom stereocenters. The van der Waals surface area contributed by atoms with Crippen LogP contribution in [0.5, 0.6) is 0 Å². The molecular weight excluding hydrogens is 733 g/mol. The molecule has 1 fully saturated rings. The van der Waals surface area contributed by atoms with Gasteiger partial charge in [0.15, 0.2) is 0 Å². The second kappa shape index (κ2) is 17.8. The highest BCUT2D eigenvalue weighted by Gasteiger charge is 2.30. The van der Waals surface area contributed by atoms with Crippen LogP contribution < -0.4 is 9.80 Å². The van der Waals surface area contributed by atoms with Crippen molar-refractivity contribution in [3.8, 4) is 24.3 Å². The van der Waals surface area contributed by atoms with Crippen LogP contribution in [0.25, 0.3) is 21.5 Å². The van der Waals surface area contributed by atoms with Crippen molar-refractivity contribution in [3.05, 3.63) is 161 Å². The normalized spacial score (nSPS) is 15.6. The fourth-order valence-electron chi connectivity index (χ4n) is 9.46. The maximum Gasteiger partial charge on any atom is 0.0991 e. The van der Waals surface area contributed by atoms with Crippen LogP contribution in [0, 0.1) is 45.3 Å². The van der Waals surface area contributed by atoms with E-state index in [0.717, 1.165) is 82.1 Å². The van der Waals surface area contributed by atoms with Crippen molar-refractivity contribution < 1.29 is 0 Å². The van der Waals surface area contributed by atoms with Crippen LogP contribution in [-0.4, -0.2) is 6.04 Å². The van der Waals surface area contributed by atoms with Crippen LogP contribution in [0.15, 0.2) is 133 Å². The zero-order valence-corrected chi connectivity index (χ0v) is 34.4. The first-order valence-electron chi connectivity index (χ1n) is 21.4. The number of anilines is 5. The third kappa shape index (κ3) is 7.74. The quantitative estimate of drug-likeness (QED) is 0.0958. The molecule has 2 aliphatic rings. The van der Waals surface area contributed by atoms with Crippen LogP contribution in [-0.2, 0) is 0 Å². The first-order valence-corrected chi connectivity index (χ1v) is 21.4. The van der Waals surface area contributed by atoms with E-state index >= 15 is 0 Å². The molecule has 1 saturated carbocycles. The van der Waals surface area contributed by atoms with Crippen molar-refractivity contribution >= 4 is 50.0 Å². The molecule has 6 heteroatoms. The lowest BCUT2D eigenvalue weighted by molar-refractivity contribution is 0.444. The summed E-state index contributed by atoms with van der Waals surface area (Å²) in [6.07, 6.45) is 16.0. The van der Waals surface area contributed by atoms with E-state index in [4.69, 9.17) is 0 Å².